The summed E-state index contributed by atoms with van der Waals surface area (Å²) in [7, 11) is 2.16. The molecule has 0 spiro atoms. The second-order valence-electron chi connectivity index (χ2n) is 8.61. The van der Waals surface area contributed by atoms with Crippen LogP contribution in [0.5, 0.6) is 5.75 Å². The predicted octanol–water partition coefficient (Wildman–Crippen LogP) is 4.27. The SMILES string of the molecule is CSN(C)C1CCCN(c2nc(-c3cccc(OCCO)c3)nc(-c3c(C)noc3C)c2C)C1. The number of aromatic nitrogens is 3. The van der Waals surface area contributed by atoms with Crippen LogP contribution in [0.2, 0.25) is 0 Å². The monoisotopic (exact) mass is 483 g/mol. The van der Waals surface area contributed by atoms with Gasteiger partial charge in [0, 0.05) is 30.3 Å². The van der Waals surface area contributed by atoms with Crippen LogP contribution in [0.1, 0.15) is 29.9 Å². The van der Waals surface area contributed by atoms with Crippen molar-refractivity contribution >= 4 is 17.8 Å². The van der Waals surface area contributed by atoms with Crippen LogP contribution in [0.4, 0.5) is 5.82 Å². The Bertz CT molecular complexity index is 1120. The third-order valence-electron chi connectivity index (χ3n) is 6.34. The number of piperidine rings is 1. The fourth-order valence-corrected chi connectivity index (χ4v) is 4.96. The van der Waals surface area contributed by atoms with Gasteiger partial charge in [-0.2, -0.15) is 0 Å². The molecule has 0 amide bonds. The Labute approximate surface area is 205 Å². The first-order valence-corrected chi connectivity index (χ1v) is 12.8. The van der Waals surface area contributed by atoms with Crippen molar-refractivity contribution in [2.24, 2.45) is 0 Å². The molecule has 3 aromatic rings. The third kappa shape index (κ3) is 5.06. The van der Waals surface area contributed by atoms with Gasteiger partial charge >= 0.3 is 0 Å². The summed E-state index contributed by atoms with van der Waals surface area (Å²) in [6.07, 6.45) is 4.40. The highest BCUT2D eigenvalue weighted by molar-refractivity contribution is 7.96. The Morgan fingerprint density at radius 3 is 2.79 bits per heavy atom. The number of aliphatic hydroxyl groups excluding tert-OH is 1. The molecule has 1 unspecified atom stereocenters. The lowest BCUT2D eigenvalue weighted by Crippen LogP contribution is -2.45. The van der Waals surface area contributed by atoms with Gasteiger partial charge in [0.25, 0.3) is 0 Å². The van der Waals surface area contributed by atoms with Gasteiger partial charge in [0.1, 0.15) is 23.9 Å². The molecule has 0 radical (unpaired) electrons. The lowest BCUT2D eigenvalue weighted by molar-refractivity contribution is 0.201. The van der Waals surface area contributed by atoms with Crippen LogP contribution in [-0.2, 0) is 0 Å². The number of hydrogen-bond donors (Lipinski definition) is 1. The average Bonchev–Trinajstić information content (AvgIpc) is 3.20. The van der Waals surface area contributed by atoms with Gasteiger partial charge in [-0.3, -0.25) is 0 Å². The first-order chi connectivity index (χ1) is 16.4. The topological polar surface area (TPSA) is 87.8 Å². The van der Waals surface area contributed by atoms with Gasteiger partial charge in [0.05, 0.1) is 23.6 Å². The summed E-state index contributed by atoms with van der Waals surface area (Å²) in [5, 5.41) is 13.3. The van der Waals surface area contributed by atoms with Gasteiger partial charge in [-0.25, -0.2) is 14.3 Å². The van der Waals surface area contributed by atoms with Crippen LogP contribution in [-0.4, -0.2) is 70.2 Å². The van der Waals surface area contributed by atoms with Crippen molar-refractivity contribution in [3.63, 3.8) is 0 Å². The normalized spacial score (nSPS) is 16.3. The van der Waals surface area contributed by atoms with Gasteiger partial charge in [0.15, 0.2) is 5.82 Å². The van der Waals surface area contributed by atoms with Crippen molar-refractivity contribution in [1.29, 1.82) is 0 Å². The second-order valence-corrected chi connectivity index (χ2v) is 9.56. The number of ether oxygens (including phenoxy) is 1. The molecule has 4 rings (SSSR count). The largest absolute Gasteiger partial charge is 0.491 e. The number of nitrogens with zero attached hydrogens (tertiary/aromatic N) is 5. The summed E-state index contributed by atoms with van der Waals surface area (Å²) in [5.41, 5.74) is 4.47. The van der Waals surface area contributed by atoms with Gasteiger partial charge in [-0.1, -0.05) is 29.2 Å². The van der Waals surface area contributed by atoms with Crippen molar-refractivity contribution < 1.29 is 14.4 Å². The molecule has 0 aliphatic carbocycles. The van der Waals surface area contributed by atoms with E-state index in [9.17, 15) is 0 Å². The van der Waals surface area contributed by atoms with Crippen LogP contribution in [0.3, 0.4) is 0 Å². The Morgan fingerprint density at radius 2 is 2.09 bits per heavy atom. The molecule has 34 heavy (non-hydrogen) atoms. The number of aliphatic hydroxyl groups is 1. The van der Waals surface area contributed by atoms with E-state index in [1.54, 1.807) is 11.9 Å². The fourth-order valence-electron chi connectivity index (χ4n) is 4.49. The molecule has 1 fully saturated rings. The highest BCUT2D eigenvalue weighted by Gasteiger charge is 2.28. The standard InChI is InChI=1S/C25H33N5O3S/c1-16-23(22-17(2)28-33-18(22)3)26-24(19-8-6-10-21(14-19)32-13-12-31)27-25(16)30-11-7-9-20(15-30)29(4)34-5/h6,8,10,14,20,31H,7,9,11-13,15H2,1-5H3. The molecule has 1 N–H and O–H groups in total. The van der Waals surface area contributed by atoms with Crippen molar-refractivity contribution in [3.05, 3.63) is 41.3 Å². The number of hydrogen-bond acceptors (Lipinski definition) is 9. The number of anilines is 1. The van der Waals surface area contributed by atoms with E-state index in [2.05, 4.69) is 34.6 Å². The molecule has 0 saturated carbocycles. The first-order valence-electron chi connectivity index (χ1n) is 11.6. The molecule has 1 saturated heterocycles. The summed E-state index contributed by atoms with van der Waals surface area (Å²) in [4.78, 5) is 12.5. The quantitative estimate of drug-likeness (QED) is 0.472. The van der Waals surface area contributed by atoms with Crippen LogP contribution < -0.4 is 9.64 Å². The minimum atomic E-state index is -0.0355. The van der Waals surface area contributed by atoms with Crippen molar-refractivity contribution in [2.45, 2.75) is 39.7 Å². The molecular formula is C25H33N5O3S. The summed E-state index contributed by atoms with van der Waals surface area (Å²) in [6, 6.07) is 8.15. The van der Waals surface area contributed by atoms with E-state index in [1.165, 1.54) is 6.42 Å². The van der Waals surface area contributed by atoms with E-state index in [0.29, 0.717) is 17.6 Å². The molecule has 1 aromatic carbocycles. The smallest absolute Gasteiger partial charge is 0.162 e. The highest BCUT2D eigenvalue weighted by atomic mass is 32.2. The second kappa shape index (κ2) is 10.8. The van der Waals surface area contributed by atoms with Crippen LogP contribution in [0.25, 0.3) is 22.6 Å². The number of benzene rings is 1. The zero-order valence-electron chi connectivity index (χ0n) is 20.5. The molecule has 182 valence electrons. The molecule has 0 bridgehead atoms. The summed E-state index contributed by atoms with van der Waals surface area (Å²) in [6.45, 7) is 8.03. The number of aryl methyl sites for hydroxylation is 2. The Morgan fingerprint density at radius 1 is 1.26 bits per heavy atom. The van der Waals surface area contributed by atoms with E-state index in [0.717, 1.165) is 59.2 Å². The maximum absolute atomic E-state index is 9.12. The van der Waals surface area contributed by atoms with Crippen LogP contribution in [0, 0.1) is 20.8 Å². The maximum Gasteiger partial charge on any atom is 0.162 e. The van der Waals surface area contributed by atoms with E-state index in [-0.39, 0.29) is 13.2 Å². The van der Waals surface area contributed by atoms with Gasteiger partial charge in [-0.15, -0.1) is 0 Å². The minimum Gasteiger partial charge on any atom is -0.491 e. The summed E-state index contributed by atoms with van der Waals surface area (Å²) in [5.74, 6) is 3.00. The number of rotatable bonds is 8. The first kappa shape index (κ1) is 24.5. The van der Waals surface area contributed by atoms with Crippen molar-refractivity contribution in [2.75, 3.05) is 44.5 Å². The van der Waals surface area contributed by atoms with Crippen LogP contribution in [0.15, 0.2) is 28.8 Å². The third-order valence-corrected chi connectivity index (χ3v) is 7.21. The molecule has 1 atom stereocenters. The number of likely N-dealkylation sites (N-methyl/N-ethyl adjacent to an activating group) is 1. The van der Waals surface area contributed by atoms with E-state index in [4.69, 9.17) is 24.3 Å². The van der Waals surface area contributed by atoms with Crippen molar-refractivity contribution in [1.82, 2.24) is 19.4 Å². The molecule has 2 aromatic heterocycles. The molecule has 3 heterocycles. The predicted molar refractivity (Wildman–Crippen MR) is 136 cm³/mol. The van der Waals surface area contributed by atoms with Gasteiger partial charge in [0.2, 0.25) is 0 Å². The average molecular weight is 484 g/mol. The molecule has 9 heteroatoms. The Hall–Kier alpha value is -2.62. The summed E-state index contributed by atoms with van der Waals surface area (Å²) < 4.78 is 13.5. The zero-order valence-corrected chi connectivity index (χ0v) is 21.4. The minimum absolute atomic E-state index is 0.0355. The molecule has 1 aliphatic heterocycles. The van der Waals surface area contributed by atoms with E-state index in [1.807, 2.05) is 38.1 Å². The van der Waals surface area contributed by atoms with Gasteiger partial charge < -0.3 is 19.3 Å². The Balaban J connectivity index is 1.82. The fraction of sp³-hybridized carbons (Fsp3) is 0.480. The Kier molecular flexibility index (Phi) is 7.75. The zero-order chi connectivity index (χ0) is 24.2. The van der Waals surface area contributed by atoms with E-state index < -0.39 is 0 Å². The summed E-state index contributed by atoms with van der Waals surface area (Å²) >= 11 is 1.77. The van der Waals surface area contributed by atoms with Crippen molar-refractivity contribution in [3.8, 4) is 28.4 Å². The lowest BCUT2D eigenvalue weighted by Gasteiger charge is -2.38. The lowest BCUT2D eigenvalue weighted by atomic mass is 10.0. The molecular weight excluding hydrogens is 450 g/mol. The molecule has 1 aliphatic rings. The van der Waals surface area contributed by atoms with Gasteiger partial charge in [-0.05, 0) is 59.0 Å². The highest BCUT2D eigenvalue weighted by Crippen LogP contribution is 2.36. The molecule has 8 nitrogen and oxygen atoms in total. The van der Waals surface area contributed by atoms with Crippen LogP contribution >= 0.6 is 11.9 Å². The van der Waals surface area contributed by atoms with E-state index >= 15 is 0 Å². The maximum atomic E-state index is 9.12.